The van der Waals surface area contributed by atoms with Crippen molar-refractivity contribution in [3.05, 3.63) is 33.6 Å². The van der Waals surface area contributed by atoms with E-state index < -0.39 is 5.97 Å². The molecule has 1 aromatic carbocycles. The molecule has 1 aromatic heterocycles. The second-order valence-corrected chi connectivity index (χ2v) is 5.18. The summed E-state index contributed by atoms with van der Waals surface area (Å²) in [5, 5.41) is 0. The number of rotatable bonds is 4. The molecule has 0 aliphatic heterocycles. The Kier molecular flexibility index (Phi) is 4.39. The molecule has 0 spiro atoms. The number of nitrogens with zero attached hydrogens (tertiary/aromatic N) is 1. The summed E-state index contributed by atoms with van der Waals surface area (Å²) < 4.78 is 10.5. The van der Waals surface area contributed by atoms with Crippen molar-refractivity contribution in [1.82, 2.24) is 4.98 Å². The van der Waals surface area contributed by atoms with Crippen molar-refractivity contribution in [2.75, 3.05) is 13.7 Å². The molecule has 0 N–H and O–H groups in total. The van der Waals surface area contributed by atoms with Crippen LogP contribution in [0.5, 0.6) is 5.75 Å². The van der Waals surface area contributed by atoms with E-state index in [0.29, 0.717) is 27.4 Å². The molecule has 6 heteroatoms. The largest absolute Gasteiger partial charge is 0.497 e. The standard InChI is InChI=1S/C13H12ClNO3S/c1-3-18-12(16)11-10(15-13(14)19-11)8-5-4-6-9(7-8)17-2/h4-7H,3H2,1-2H3. The molecule has 2 rings (SSSR count). The summed E-state index contributed by atoms with van der Waals surface area (Å²) in [6.07, 6.45) is 0. The van der Waals surface area contributed by atoms with Crippen molar-refractivity contribution in [2.45, 2.75) is 6.92 Å². The molecule has 1 heterocycles. The van der Waals surface area contributed by atoms with Crippen LogP contribution >= 0.6 is 22.9 Å². The molecule has 19 heavy (non-hydrogen) atoms. The molecule has 0 aliphatic rings. The number of aromatic nitrogens is 1. The summed E-state index contributed by atoms with van der Waals surface area (Å²) in [5.41, 5.74) is 1.29. The Morgan fingerprint density at radius 3 is 2.95 bits per heavy atom. The molecule has 0 aliphatic carbocycles. The number of esters is 1. The third-order valence-corrected chi connectivity index (χ3v) is 3.54. The Bertz CT molecular complexity index is 597. The SMILES string of the molecule is CCOC(=O)c1sc(Cl)nc1-c1cccc(OC)c1. The molecule has 0 bridgehead atoms. The van der Waals surface area contributed by atoms with Crippen LogP contribution in [0.1, 0.15) is 16.6 Å². The van der Waals surface area contributed by atoms with Gasteiger partial charge in [0.1, 0.15) is 10.6 Å². The summed E-state index contributed by atoms with van der Waals surface area (Å²) >= 11 is 7.01. The molecule has 2 aromatic rings. The molecule has 0 saturated carbocycles. The first-order valence-corrected chi connectivity index (χ1v) is 6.83. The molecule has 0 saturated heterocycles. The fraction of sp³-hybridized carbons (Fsp3) is 0.231. The van der Waals surface area contributed by atoms with Crippen molar-refractivity contribution in [2.24, 2.45) is 0 Å². The number of hydrogen-bond donors (Lipinski definition) is 0. The summed E-state index contributed by atoms with van der Waals surface area (Å²) in [5.74, 6) is 0.279. The number of methoxy groups -OCH3 is 1. The van der Waals surface area contributed by atoms with Gasteiger partial charge in [-0.05, 0) is 19.1 Å². The number of hydrogen-bond acceptors (Lipinski definition) is 5. The molecule has 0 atom stereocenters. The van der Waals surface area contributed by atoms with Gasteiger partial charge in [0.15, 0.2) is 4.47 Å². The highest BCUT2D eigenvalue weighted by molar-refractivity contribution is 7.17. The van der Waals surface area contributed by atoms with Gasteiger partial charge in [0, 0.05) is 5.56 Å². The number of ether oxygens (including phenoxy) is 2. The van der Waals surface area contributed by atoms with Gasteiger partial charge in [-0.1, -0.05) is 35.1 Å². The van der Waals surface area contributed by atoms with Gasteiger partial charge >= 0.3 is 5.97 Å². The minimum absolute atomic E-state index is 0.306. The first kappa shape index (κ1) is 13.8. The second-order valence-electron chi connectivity index (χ2n) is 3.60. The monoisotopic (exact) mass is 297 g/mol. The maximum atomic E-state index is 11.9. The lowest BCUT2D eigenvalue weighted by atomic mass is 10.1. The van der Waals surface area contributed by atoms with Gasteiger partial charge in [0.25, 0.3) is 0 Å². The normalized spacial score (nSPS) is 10.3. The Hall–Kier alpha value is -1.59. The highest BCUT2D eigenvalue weighted by atomic mass is 35.5. The van der Waals surface area contributed by atoms with E-state index in [-0.39, 0.29) is 0 Å². The fourth-order valence-corrected chi connectivity index (χ4v) is 2.62. The lowest BCUT2D eigenvalue weighted by Crippen LogP contribution is -2.04. The molecule has 0 radical (unpaired) electrons. The topological polar surface area (TPSA) is 48.4 Å². The van der Waals surface area contributed by atoms with Crippen LogP contribution in [-0.4, -0.2) is 24.7 Å². The Morgan fingerprint density at radius 1 is 1.47 bits per heavy atom. The van der Waals surface area contributed by atoms with Crippen molar-refractivity contribution >= 4 is 28.9 Å². The van der Waals surface area contributed by atoms with Gasteiger partial charge in [0.2, 0.25) is 0 Å². The Morgan fingerprint density at radius 2 is 2.26 bits per heavy atom. The van der Waals surface area contributed by atoms with E-state index >= 15 is 0 Å². The second kappa shape index (κ2) is 6.04. The number of halogens is 1. The number of benzene rings is 1. The van der Waals surface area contributed by atoms with Gasteiger partial charge in [0.05, 0.1) is 19.4 Å². The molecule has 0 amide bonds. The zero-order valence-corrected chi connectivity index (χ0v) is 12.0. The molecule has 0 fully saturated rings. The third-order valence-electron chi connectivity index (χ3n) is 2.41. The maximum Gasteiger partial charge on any atom is 0.350 e. The van der Waals surface area contributed by atoms with Crippen LogP contribution < -0.4 is 4.74 Å². The quantitative estimate of drug-likeness (QED) is 0.808. The average molecular weight is 298 g/mol. The van der Waals surface area contributed by atoms with E-state index in [1.807, 2.05) is 18.2 Å². The van der Waals surface area contributed by atoms with Gasteiger partial charge in [-0.25, -0.2) is 9.78 Å². The highest BCUT2D eigenvalue weighted by Gasteiger charge is 2.20. The van der Waals surface area contributed by atoms with Crippen LogP contribution in [0.15, 0.2) is 24.3 Å². The number of carbonyl (C=O) groups is 1. The third kappa shape index (κ3) is 3.05. The smallest absolute Gasteiger partial charge is 0.350 e. The van der Waals surface area contributed by atoms with Crippen molar-refractivity contribution in [1.29, 1.82) is 0 Å². The molecular weight excluding hydrogens is 286 g/mol. The number of thiazole rings is 1. The van der Waals surface area contributed by atoms with Crippen LogP contribution in [0.25, 0.3) is 11.3 Å². The van der Waals surface area contributed by atoms with Crippen LogP contribution in [-0.2, 0) is 4.74 Å². The van der Waals surface area contributed by atoms with Gasteiger partial charge in [-0.15, -0.1) is 0 Å². The lowest BCUT2D eigenvalue weighted by molar-refractivity contribution is 0.0532. The van der Waals surface area contributed by atoms with Gasteiger partial charge in [-0.2, -0.15) is 0 Å². The van der Waals surface area contributed by atoms with E-state index in [2.05, 4.69) is 4.98 Å². The summed E-state index contributed by atoms with van der Waals surface area (Å²) in [7, 11) is 1.58. The molecule has 100 valence electrons. The van der Waals surface area contributed by atoms with Crippen molar-refractivity contribution in [3.8, 4) is 17.0 Å². The van der Waals surface area contributed by atoms with E-state index in [0.717, 1.165) is 16.9 Å². The van der Waals surface area contributed by atoms with E-state index in [1.165, 1.54) is 0 Å². The summed E-state index contributed by atoms with van der Waals surface area (Å²) in [4.78, 5) is 16.5. The minimum atomic E-state index is -0.412. The lowest BCUT2D eigenvalue weighted by Gasteiger charge is -2.04. The van der Waals surface area contributed by atoms with E-state index in [9.17, 15) is 4.79 Å². The predicted molar refractivity (Wildman–Crippen MR) is 75.1 cm³/mol. The van der Waals surface area contributed by atoms with Crippen LogP contribution in [0.2, 0.25) is 4.47 Å². The predicted octanol–water partition coefficient (Wildman–Crippen LogP) is 3.65. The van der Waals surface area contributed by atoms with Gasteiger partial charge < -0.3 is 9.47 Å². The molecule has 4 nitrogen and oxygen atoms in total. The summed E-state index contributed by atoms with van der Waals surface area (Å²) in [6, 6.07) is 7.29. The van der Waals surface area contributed by atoms with Crippen LogP contribution in [0, 0.1) is 0 Å². The number of carbonyl (C=O) groups excluding carboxylic acids is 1. The van der Waals surface area contributed by atoms with Crippen molar-refractivity contribution in [3.63, 3.8) is 0 Å². The van der Waals surface area contributed by atoms with Crippen LogP contribution in [0.3, 0.4) is 0 Å². The van der Waals surface area contributed by atoms with Gasteiger partial charge in [-0.3, -0.25) is 0 Å². The first-order valence-electron chi connectivity index (χ1n) is 5.63. The molecule has 0 unspecified atom stereocenters. The zero-order chi connectivity index (χ0) is 13.8. The highest BCUT2D eigenvalue weighted by Crippen LogP contribution is 2.32. The van der Waals surface area contributed by atoms with E-state index in [4.69, 9.17) is 21.1 Å². The Labute approximate surface area is 120 Å². The fourth-order valence-electron chi connectivity index (χ4n) is 1.60. The Balaban J connectivity index is 2.46. The summed E-state index contributed by atoms with van der Waals surface area (Å²) in [6.45, 7) is 2.07. The van der Waals surface area contributed by atoms with E-state index in [1.54, 1.807) is 20.1 Å². The molecular formula is C13H12ClNO3S. The van der Waals surface area contributed by atoms with Crippen molar-refractivity contribution < 1.29 is 14.3 Å². The minimum Gasteiger partial charge on any atom is -0.497 e. The van der Waals surface area contributed by atoms with Crippen LogP contribution in [0.4, 0.5) is 0 Å². The maximum absolute atomic E-state index is 11.9. The zero-order valence-electron chi connectivity index (χ0n) is 10.5. The first-order chi connectivity index (χ1) is 9.15. The average Bonchev–Trinajstić information content (AvgIpc) is 2.81.